The third-order valence-electron chi connectivity index (χ3n) is 13.4. The summed E-state index contributed by atoms with van der Waals surface area (Å²) < 4.78 is 16.9. The molecule has 0 fully saturated rings. The molecule has 0 aromatic heterocycles. The van der Waals surface area contributed by atoms with E-state index in [4.69, 9.17) is 14.2 Å². The molecule has 0 bridgehead atoms. The molecule has 6 nitrogen and oxygen atoms in total. The monoisotopic (exact) mass is 1020 g/mol. The molecule has 0 N–H and O–H groups in total. The SMILES string of the molecule is CC/C=C\C/C=C\C/C=C\CCCCCCCC(=O)OC(COC(=O)CCCCCCC/C=C\CCCCCC)COC(=O)CCCCCCCCCCCCCC/C=C\C/C=C\C/C=C\CCCCCCC. The maximum atomic E-state index is 12.9. The quantitative estimate of drug-likeness (QED) is 0.0261. The van der Waals surface area contributed by atoms with Crippen molar-refractivity contribution in [2.75, 3.05) is 13.2 Å². The molecule has 0 spiro atoms. The summed E-state index contributed by atoms with van der Waals surface area (Å²) in [4.78, 5) is 38.2. The Labute approximate surface area is 452 Å². The Hall–Kier alpha value is -3.41. The van der Waals surface area contributed by atoms with Gasteiger partial charge in [0.1, 0.15) is 13.2 Å². The lowest BCUT2D eigenvalue weighted by molar-refractivity contribution is -0.167. The molecule has 420 valence electrons. The molecule has 73 heavy (non-hydrogen) atoms. The zero-order valence-electron chi connectivity index (χ0n) is 48.1. The molecule has 0 rings (SSSR count). The van der Waals surface area contributed by atoms with Gasteiger partial charge in [0.25, 0.3) is 0 Å². The third-order valence-corrected chi connectivity index (χ3v) is 13.4. The Balaban J connectivity index is 4.28. The highest BCUT2D eigenvalue weighted by Gasteiger charge is 2.19. The van der Waals surface area contributed by atoms with Gasteiger partial charge in [0.05, 0.1) is 0 Å². The molecule has 0 aliphatic heterocycles. The fourth-order valence-electron chi connectivity index (χ4n) is 8.69. The van der Waals surface area contributed by atoms with E-state index >= 15 is 0 Å². The Bertz CT molecular complexity index is 1400. The lowest BCUT2D eigenvalue weighted by atomic mass is 10.0. The molecule has 0 heterocycles. The summed E-state index contributed by atoms with van der Waals surface area (Å²) in [5.41, 5.74) is 0. The van der Waals surface area contributed by atoms with Crippen LogP contribution in [-0.4, -0.2) is 37.2 Å². The summed E-state index contributed by atoms with van der Waals surface area (Å²) in [7, 11) is 0. The van der Waals surface area contributed by atoms with Gasteiger partial charge in [-0.1, -0.05) is 254 Å². The van der Waals surface area contributed by atoms with Crippen molar-refractivity contribution in [3.05, 3.63) is 85.1 Å². The van der Waals surface area contributed by atoms with Crippen molar-refractivity contribution < 1.29 is 28.6 Å². The molecule has 0 aromatic rings. The summed E-state index contributed by atoms with van der Waals surface area (Å²) in [5.74, 6) is -0.906. The minimum Gasteiger partial charge on any atom is -0.462 e. The van der Waals surface area contributed by atoms with Crippen LogP contribution < -0.4 is 0 Å². The van der Waals surface area contributed by atoms with Crippen LogP contribution in [0.5, 0.6) is 0 Å². The standard InChI is InChI=1S/C67H116O6/c1-4-7-10-13-16-19-22-25-27-28-29-30-31-32-33-34-35-36-37-38-40-42-45-48-51-54-57-60-66(69)72-63-64(62-71-65(68)59-56-53-50-47-44-41-24-21-18-15-12-9-6-3)73-67(70)61-58-55-52-49-46-43-39-26-23-20-17-14-11-8-5-2/h8,11,17,20-22,24-26,28-29,31-32,39,64H,4-7,9-10,12-16,18-19,23,27,30,33-38,40-63H2,1-3H3/b11-8-,20-17-,24-21-,25-22-,29-28-,32-31-,39-26-. The van der Waals surface area contributed by atoms with Crippen molar-refractivity contribution in [1.82, 2.24) is 0 Å². The zero-order valence-corrected chi connectivity index (χ0v) is 48.1. The summed E-state index contributed by atoms with van der Waals surface area (Å²) in [6.07, 6.45) is 80.2. The average molecular weight is 1020 g/mol. The number of esters is 3. The fourth-order valence-corrected chi connectivity index (χ4v) is 8.69. The van der Waals surface area contributed by atoms with Gasteiger partial charge in [0, 0.05) is 19.3 Å². The largest absolute Gasteiger partial charge is 0.462 e. The van der Waals surface area contributed by atoms with Crippen LogP contribution in [0.2, 0.25) is 0 Å². The van der Waals surface area contributed by atoms with Crippen LogP contribution in [0.1, 0.15) is 303 Å². The highest BCUT2D eigenvalue weighted by atomic mass is 16.6. The van der Waals surface area contributed by atoms with E-state index in [1.165, 1.54) is 148 Å². The van der Waals surface area contributed by atoms with E-state index in [1.807, 2.05) is 0 Å². The highest BCUT2D eigenvalue weighted by molar-refractivity contribution is 5.71. The van der Waals surface area contributed by atoms with Crippen molar-refractivity contribution in [2.24, 2.45) is 0 Å². The molecule has 0 saturated heterocycles. The molecule has 1 unspecified atom stereocenters. The number of hydrogen-bond donors (Lipinski definition) is 0. The first-order chi connectivity index (χ1) is 36.0. The van der Waals surface area contributed by atoms with Crippen LogP contribution in [0.4, 0.5) is 0 Å². The van der Waals surface area contributed by atoms with E-state index in [0.717, 1.165) is 116 Å². The first-order valence-electron chi connectivity index (χ1n) is 31.1. The predicted octanol–water partition coefficient (Wildman–Crippen LogP) is 21.1. The lowest BCUT2D eigenvalue weighted by Crippen LogP contribution is -2.30. The van der Waals surface area contributed by atoms with Crippen LogP contribution in [0, 0.1) is 0 Å². The second-order valence-electron chi connectivity index (χ2n) is 20.6. The van der Waals surface area contributed by atoms with Crippen molar-refractivity contribution in [2.45, 2.75) is 309 Å². The Morgan fingerprint density at radius 2 is 0.534 bits per heavy atom. The molecule has 6 heteroatoms. The Morgan fingerprint density at radius 3 is 0.863 bits per heavy atom. The van der Waals surface area contributed by atoms with Gasteiger partial charge in [0.2, 0.25) is 0 Å². The van der Waals surface area contributed by atoms with Crippen LogP contribution in [0.3, 0.4) is 0 Å². The lowest BCUT2D eigenvalue weighted by Gasteiger charge is -2.18. The topological polar surface area (TPSA) is 78.9 Å². The van der Waals surface area contributed by atoms with Gasteiger partial charge in [-0.2, -0.15) is 0 Å². The molecular formula is C67H116O6. The normalized spacial score (nSPS) is 12.6. The minimum atomic E-state index is -0.790. The van der Waals surface area contributed by atoms with Crippen LogP contribution in [-0.2, 0) is 28.6 Å². The maximum absolute atomic E-state index is 12.9. The van der Waals surface area contributed by atoms with Crippen LogP contribution in [0.15, 0.2) is 85.1 Å². The van der Waals surface area contributed by atoms with Gasteiger partial charge >= 0.3 is 17.9 Å². The fraction of sp³-hybridized carbons (Fsp3) is 0.746. The van der Waals surface area contributed by atoms with Crippen molar-refractivity contribution in [3.63, 3.8) is 0 Å². The van der Waals surface area contributed by atoms with Gasteiger partial charge in [-0.05, 0) is 116 Å². The van der Waals surface area contributed by atoms with E-state index in [9.17, 15) is 14.4 Å². The number of unbranched alkanes of at least 4 members (excludes halogenated alkanes) is 31. The first-order valence-corrected chi connectivity index (χ1v) is 31.1. The second kappa shape index (κ2) is 61.1. The van der Waals surface area contributed by atoms with Crippen molar-refractivity contribution >= 4 is 17.9 Å². The van der Waals surface area contributed by atoms with Gasteiger partial charge < -0.3 is 14.2 Å². The summed E-state index contributed by atoms with van der Waals surface area (Å²) in [5, 5.41) is 0. The van der Waals surface area contributed by atoms with Gasteiger partial charge in [-0.25, -0.2) is 0 Å². The zero-order chi connectivity index (χ0) is 52.9. The number of carbonyl (C=O) groups is 3. The van der Waals surface area contributed by atoms with E-state index in [2.05, 4.69) is 106 Å². The molecule has 0 aromatic carbocycles. The average Bonchev–Trinajstić information content (AvgIpc) is 3.39. The summed E-state index contributed by atoms with van der Waals surface area (Å²) in [6.45, 7) is 6.50. The predicted molar refractivity (Wildman–Crippen MR) is 316 cm³/mol. The van der Waals surface area contributed by atoms with Crippen molar-refractivity contribution in [1.29, 1.82) is 0 Å². The second-order valence-corrected chi connectivity index (χ2v) is 20.6. The third kappa shape index (κ3) is 59.3. The van der Waals surface area contributed by atoms with Gasteiger partial charge in [0.15, 0.2) is 6.10 Å². The first kappa shape index (κ1) is 69.6. The smallest absolute Gasteiger partial charge is 0.306 e. The Morgan fingerprint density at radius 1 is 0.288 bits per heavy atom. The number of ether oxygens (including phenoxy) is 3. The number of rotatable bonds is 56. The van der Waals surface area contributed by atoms with Crippen molar-refractivity contribution in [3.8, 4) is 0 Å². The van der Waals surface area contributed by atoms with Gasteiger partial charge in [-0.15, -0.1) is 0 Å². The maximum Gasteiger partial charge on any atom is 0.306 e. The number of allylic oxidation sites excluding steroid dienone is 14. The number of carbonyl (C=O) groups excluding carboxylic acids is 3. The van der Waals surface area contributed by atoms with E-state index in [1.54, 1.807) is 0 Å². The van der Waals surface area contributed by atoms with Crippen LogP contribution in [0.25, 0.3) is 0 Å². The molecule has 1 atom stereocenters. The summed E-state index contributed by atoms with van der Waals surface area (Å²) in [6, 6.07) is 0. The van der Waals surface area contributed by atoms with E-state index < -0.39 is 6.10 Å². The molecular weight excluding hydrogens is 901 g/mol. The van der Waals surface area contributed by atoms with Crippen LogP contribution >= 0.6 is 0 Å². The number of hydrogen-bond acceptors (Lipinski definition) is 6. The van der Waals surface area contributed by atoms with Gasteiger partial charge in [-0.3, -0.25) is 14.4 Å². The highest BCUT2D eigenvalue weighted by Crippen LogP contribution is 2.16. The summed E-state index contributed by atoms with van der Waals surface area (Å²) >= 11 is 0. The molecule has 0 aliphatic carbocycles. The molecule has 0 amide bonds. The Kier molecular flexibility index (Phi) is 58.3. The molecule has 0 radical (unpaired) electrons. The van der Waals surface area contributed by atoms with E-state index in [-0.39, 0.29) is 31.1 Å². The molecule has 0 aliphatic rings. The van der Waals surface area contributed by atoms with E-state index in [0.29, 0.717) is 19.3 Å². The minimum absolute atomic E-state index is 0.0864. The molecule has 0 saturated carbocycles.